The minimum Gasteiger partial charge on any atom is -0.335 e. The Kier molecular flexibility index (Phi) is 3.94. The van der Waals surface area contributed by atoms with Crippen LogP contribution in [0.5, 0.6) is 0 Å². The second-order valence-corrected chi connectivity index (χ2v) is 6.72. The van der Waals surface area contributed by atoms with Gasteiger partial charge in [-0.25, -0.2) is 9.78 Å². The van der Waals surface area contributed by atoms with Gasteiger partial charge in [0, 0.05) is 24.3 Å². The normalized spacial score (nSPS) is 25.6. The molecule has 1 fully saturated rings. The number of nitrogens with one attached hydrogen (secondary N) is 2. The zero-order chi connectivity index (χ0) is 16.5. The average molecular weight is 322 g/mol. The maximum absolute atomic E-state index is 12.3. The summed E-state index contributed by atoms with van der Waals surface area (Å²) >= 11 is 0. The predicted molar refractivity (Wildman–Crippen MR) is 93.9 cm³/mol. The highest BCUT2D eigenvalue weighted by molar-refractivity contribution is 5.88. The molecule has 2 aliphatic rings. The second-order valence-electron chi connectivity index (χ2n) is 6.72. The van der Waals surface area contributed by atoms with E-state index in [0.717, 1.165) is 19.3 Å². The molecule has 1 saturated heterocycles. The Balaban J connectivity index is 1.45. The largest absolute Gasteiger partial charge is 0.335 e. The van der Waals surface area contributed by atoms with Crippen molar-refractivity contribution < 1.29 is 4.79 Å². The molecular weight excluding hydrogens is 300 g/mol. The standard InChI is InChI=1S/C19H22N4O/c1-23-15-10-13-6-2-3-7-16(13)17(23)12-14(11-15)21-19(24)22-18-8-4-5-9-20-18/h2-9,14-15,17H,10-12H2,1H3,(H2,20,21,22,24)/t14-,15+,17+/m0/s1. The fourth-order valence-corrected chi connectivity index (χ4v) is 4.05. The minimum absolute atomic E-state index is 0.172. The number of pyridine rings is 1. The first-order valence-electron chi connectivity index (χ1n) is 8.49. The molecule has 124 valence electrons. The summed E-state index contributed by atoms with van der Waals surface area (Å²) in [6.45, 7) is 0. The number of likely N-dealkylation sites (N-methyl/N-ethyl adjacent to an activating group) is 1. The molecule has 5 heteroatoms. The molecule has 0 spiro atoms. The number of benzene rings is 1. The highest BCUT2D eigenvalue weighted by Crippen LogP contribution is 2.40. The summed E-state index contributed by atoms with van der Waals surface area (Å²) in [5.74, 6) is 0.577. The van der Waals surface area contributed by atoms with Gasteiger partial charge in [-0.3, -0.25) is 10.2 Å². The van der Waals surface area contributed by atoms with Crippen LogP contribution in [0.4, 0.5) is 10.6 Å². The van der Waals surface area contributed by atoms with Gasteiger partial charge >= 0.3 is 6.03 Å². The van der Waals surface area contributed by atoms with Crippen LogP contribution in [0.1, 0.15) is 30.0 Å². The van der Waals surface area contributed by atoms with E-state index in [1.54, 1.807) is 12.3 Å². The van der Waals surface area contributed by atoms with Crippen molar-refractivity contribution in [3.8, 4) is 0 Å². The molecule has 1 aromatic heterocycles. The third kappa shape index (κ3) is 2.87. The van der Waals surface area contributed by atoms with Crippen molar-refractivity contribution >= 4 is 11.8 Å². The van der Waals surface area contributed by atoms with Gasteiger partial charge in [-0.05, 0) is 49.6 Å². The Morgan fingerprint density at radius 1 is 1.17 bits per heavy atom. The number of carbonyl (C=O) groups excluding carboxylic acids is 1. The molecular formula is C19H22N4O. The smallest absolute Gasteiger partial charge is 0.320 e. The highest BCUT2D eigenvalue weighted by Gasteiger charge is 2.39. The van der Waals surface area contributed by atoms with E-state index >= 15 is 0 Å². The van der Waals surface area contributed by atoms with Gasteiger partial charge in [0.05, 0.1) is 0 Å². The Labute approximate surface area is 142 Å². The molecule has 0 saturated carbocycles. The molecule has 5 nitrogen and oxygen atoms in total. The summed E-state index contributed by atoms with van der Waals surface area (Å²) in [6.07, 6.45) is 4.66. The van der Waals surface area contributed by atoms with Crippen LogP contribution >= 0.6 is 0 Å². The van der Waals surface area contributed by atoms with Gasteiger partial charge in [0.15, 0.2) is 0 Å². The number of urea groups is 1. The topological polar surface area (TPSA) is 57.3 Å². The summed E-state index contributed by atoms with van der Waals surface area (Å²) in [6, 6.07) is 15.1. The van der Waals surface area contributed by atoms with E-state index in [2.05, 4.69) is 51.8 Å². The van der Waals surface area contributed by atoms with Crippen molar-refractivity contribution in [1.29, 1.82) is 0 Å². The van der Waals surface area contributed by atoms with E-state index in [4.69, 9.17) is 0 Å². The van der Waals surface area contributed by atoms with Crippen molar-refractivity contribution in [2.45, 2.75) is 37.4 Å². The molecule has 2 aromatic rings. The number of fused-ring (bicyclic) bond motifs is 4. The van der Waals surface area contributed by atoms with Crippen LogP contribution in [0.25, 0.3) is 0 Å². The van der Waals surface area contributed by atoms with Crippen LogP contribution in [-0.4, -0.2) is 35.0 Å². The number of amides is 2. The van der Waals surface area contributed by atoms with Crippen molar-refractivity contribution in [1.82, 2.24) is 15.2 Å². The van der Waals surface area contributed by atoms with Crippen LogP contribution in [-0.2, 0) is 6.42 Å². The van der Waals surface area contributed by atoms with Gasteiger partial charge in [0.2, 0.25) is 0 Å². The Morgan fingerprint density at radius 2 is 2.00 bits per heavy atom. The average Bonchev–Trinajstić information content (AvgIpc) is 2.57. The first-order valence-corrected chi connectivity index (χ1v) is 8.49. The van der Waals surface area contributed by atoms with E-state index in [1.165, 1.54) is 11.1 Å². The van der Waals surface area contributed by atoms with Gasteiger partial charge < -0.3 is 5.32 Å². The molecule has 0 unspecified atom stereocenters. The Hall–Kier alpha value is -2.40. The minimum atomic E-state index is -0.172. The summed E-state index contributed by atoms with van der Waals surface area (Å²) in [5.41, 5.74) is 2.87. The molecule has 0 radical (unpaired) electrons. The molecule has 0 aliphatic carbocycles. The van der Waals surface area contributed by atoms with Crippen molar-refractivity contribution in [2.75, 3.05) is 12.4 Å². The number of nitrogens with zero attached hydrogens (tertiary/aromatic N) is 2. The fraction of sp³-hybridized carbons (Fsp3) is 0.368. The lowest BCUT2D eigenvalue weighted by atomic mass is 9.78. The lowest BCUT2D eigenvalue weighted by Crippen LogP contribution is -2.53. The second kappa shape index (κ2) is 6.24. The molecule has 4 rings (SSSR count). The molecule has 1 aromatic carbocycles. The molecule has 2 bridgehead atoms. The quantitative estimate of drug-likeness (QED) is 0.894. The zero-order valence-electron chi connectivity index (χ0n) is 13.8. The third-order valence-corrected chi connectivity index (χ3v) is 5.24. The van der Waals surface area contributed by atoms with E-state index in [9.17, 15) is 4.79 Å². The Bertz CT molecular complexity index is 733. The van der Waals surface area contributed by atoms with Crippen molar-refractivity contribution in [3.63, 3.8) is 0 Å². The van der Waals surface area contributed by atoms with E-state index < -0.39 is 0 Å². The van der Waals surface area contributed by atoms with E-state index in [0.29, 0.717) is 17.9 Å². The van der Waals surface area contributed by atoms with Gasteiger partial charge in [-0.15, -0.1) is 0 Å². The van der Waals surface area contributed by atoms with Crippen LogP contribution < -0.4 is 10.6 Å². The van der Waals surface area contributed by atoms with E-state index in [-0.39, 0.29) is 12.1 Å². The van der Waals surface area contributed by atoms with Crippen LogP contribution in [0.15, 0.2) is 48.7 Å². The molecule has 2 amide bonds. The highest BCUT2D eigenvalue weighted by atomic mass is 16.2. The number of aromatic nitrogens is 1. The van der Waals surface area contributed by atoms with Gasteiger partial charge in [-0.1, -0.05) is 30.3 Å². The van der Waals surface area contributed by atoms with Crippen LogP contribution in [0.2, 0.25) is 0 Å². The molecule has 3 heterocycles. The Morgan fingerprint density at radius 3 is 2.83 bits per heavy atom. The SMILES string of the molecule is CN1[C@@H]2Cc3ccccc3[C@H]1C[C@@H](NC(=O)Nc1ccccn1)C2. The summed E-state index contributed by atoms with van der Waals surface area (Å²) < 4.78 is 0. The molecule has 2 aliphatic heterocycles. The number of piperidine rings is 1. The summed E-state index contributed by atoms with van der Waals surface area (Å²) in [4.78, 5) is 18.9. The lowest BCUT2D eigenvalue weighted by Gasteiger charge is -2.48. The van der Waals surface area contributed by atoms with Gasteiger partial charge in [-0.2, -0.15) is 0 Å². The van der Waals surface area contributed by atoms with E-state index in [1.807, 2.05) is 12.1 Å². The van der Waals surface area contributed by atoms with Gasteiger partial charge in [0.25, 0.3) is 0 Å². The number of anilines is 1. The third-order valence-electron chi connectivity index (χ3n) is 5.24. The van der Waals surface area contributed by atoms with Crippen LogP contribution in [0, 0.1) is 0 Å². The van der Waals surface area contributed by atoms with Crippen molar-refractivity contribution in [3.05, 3.63) is 59.8 Å². The monoisotopic (exact) mass is 322 g/mol. The summed E-state index contributed by atoms with van der Waals surface area (Å²) in [7, 11) is 2.20. The lowest BCUT2D eigenvalue weighted by molar-refractivity contribution is 0.0807. The number of hydrogen-bond acceptors (Lipinski definition) is 3. The molecule has 2 N–H and O–H groups in total. The number of carbonyl (C=O) groups is 1. The number of hydrogen-bond donors (Lipinski definition) is 2. The van der Waals surface area contributed by atoms with Crippen LogP contribution in [0.3, 0.4) is 0 Å². The maximum Gasteiger partial charge on any atom is 0.320 e. The first-order chi connectivity index (χ1) is 11.7. The van der Waals surface area contributed by atoms with Crippen molar-refractivity contribution in [2.24, 2.45) is 0 Å². The predicted octanol–water partition coefficient (Wildman–Crippen LogP) is 2.96. The molecule has 24 heavy (non-hydrogen) atoms. The summed E-state index contributed by atoms with van der Waals surface area (Å²) in [5, 5.41) is 5.94. The maximum atomic E-state index is 12.3. The fourth-order valence-electron chi connectivity index (χ4n) is 4.05. The number of rotatable bonds is 2. The first kappa shape index (κ1) is 15.1. The van der Waals surface area contributed by atoms with Gasteiger partial charge in [0.1, 0.15) is 5.82 Å². The zero-order valence-corrected chi connectivity index (χ0v) is 13.8. The molecule has 3 atom stereocenters.